The number of ether oxygens (including phenoxy) is 2. The van der Waals surface area contributed by atoms with Crippen LogP contribution in [-0.2, 0) is 12.4 Å². The molecule has 2 heterocycles. The van der Waals surface area contributed by atoms with Gasteiger partial charge in [0.2, 0.25) is 5.16 Å². The molecule has 0 saturated carbocycles. The number of benzene rings is 2. The van der Waals surface area contributed by atoms with E-state index in [-0.39, 0.29) is 6.61 Å². The lowest BCUT2D eigenvalue weighted by Gasteiger charge is -2.08. The molecule has 0 amide bonds. The Hall–Kier alpha value is -3.46. The third-order valence-corrected chi connectivity index (χ3v) is 5.90. The number of hydrogen-bond donors (Lipinski definition) is 1. The van der Waals surface area contributed by atoms with Gasteiger partial charge in [-0.05, 0) is 47.9 Å². The highest BCUT2D eigenvalue weighted by atomic mass is 32.2. The van der Waals surface area contributed by atoms with Crippen molar-refractivity contribution in [1.82, 2.24) is 20.0 Å². The summed E-state index contributed by atoms with van der Waals surface area (Å²) < 4.78 is 17.9. The molecule has 0 aliphatic rings. The molecule has 0 fully saturated rings. The Morgan fingerprint density at radius 2 is 1.75 bits per heavy atom. The minimum Gasteiger partial charge on any atom is -0.497 e. The first kappa shape index (κ1) is 21.8. The standard InChI is InChI=1S/C23H25N5O3S/c1-15(2)16-4-10-19(11-5-16)30-13-22-25-26-23(28(22)24)32-14-20-12-21(27-31-20)17-6-8-18(29-3)9-7-17/h4-12,15H,13-14,24H2,1-3H3. The second kappa shape index (κ2) is 9.78. The van der Waals surface area contributed by atoms with E-state index in [1.54, 1.807) is 7.11 Å². The molecule has 0 radical (unpaired) electrons. The topological polar surface area (TPSA) is 101 Å². The predicted octanol–water partition coefficient (Wildman–Crippen LogP) is 4.65. The fourth-order valence-corrected chi connectivity index (χ4v) is 3.77. The molecule has 4 rings (SSSR count). The van der Waals surface area contributed by atoms with Crippen LogP contribution in [0.5, 0.6) is 11.5 Å². The van der Waals surface area contributed by atoms with Crippen LogP contribution in [0.2, 0.25) is 0 Å². The van der Waals surface area contributed by atoms with Crippen molar-refractivity contribution in [1.29, 1.82) is 0 Å². The monoisotopic (exact) mass is 451 g/mol. The van der Waals surface area contributed by atoms with Gasteiger partial charge in [0, 0.05) is 11.6 Å². The van der Waals surface area contributed by atoms with Gasteiger partial charge >= 0.3 is 0 Å². The maximum atomic E-state index is 6.15. The van der Waals surface area contributed by atoms with Crippen molar-refractivity contribution < 1.29 is 14.0 Å². The summed E-state index contributed by atoms with van der Waals surface area (Å²) in [6.45, 7) is 4.55. The Bertz CT molecular complexity index is 1150. The molecule has 0 bridgehead atoms. The Morgan fingerprint density at radius 3 is 2.44 bits per heavy atom. The minimum absolute atomic E-state index is 0.231. The van der Waals surface area contributed by atoms with Gasteiger partial charge in [-0.25, -0.2) is 4.68 Å². The third kappa shape index (κ3) is 5.05. The summed E-state index contributed by atoms with van der Waals surface area (Å²) in [4.78, 5) is 0. The largest absolute Gasteiger partial charge is 0.497 e. The zero-order valence-corrected chi connectivity index (χ0v) is 19.0. The van der Waals surface area contributed by atoms with Crippen LogP contribution >= 0.6 is 11.8 Å². The van der Waals surface area contributed by atoms with Crippen LogP contribution in [0.4, 0.5) is 0 Å². The molecular formula is C23H25N5O3S. The number of thioether (sulfide) groups is 1. The van der Waals surface area contributed by atoms with Crippen LogP contribution < -0.4 is 15.3 Å². The van der Waals surface area contributed by atoms with Gasteiger partial charge in [0.1, 0.15) is 29.6 Å². The summed E-state index contributed by atoms with van der Waals surface area (Å²) in [6.07, 6.45) is 0. The smallest absolute Gasteiger partial charge is 0.210 e. The lowest BCUT2D eigenvalue weighted by Crippen LogP contribution is -2.15. The molecule has 0 aliphatic heterocycles. The van der Waals surface area contributed by atoms with Crippen LogP contribution in [0.25, 0.3) is 11.3 Å². The lowest BCUT2D eigenvalue weighted by molar-refractivity contribution is 0.291. The normalized spacial score (nSPS) is 11.1. The molecule has 32 heavy (non-hydrogen) atoms. The molecule has 4 aromatic rings. The van der Waals surface area contributed by atoms with E-state index in [1.165, 1.54) is 22.0 Å². The number of aromatic nitrogens is 4. The molecule has 2 N–H and O–H groups in total. The average Bonchev–Trinajstić information content (AvgIpc) is 3.43. The molecule has 8 nitrogen and oxygen atoms in total. The van der Waals surface area contributed by atoms with E-state index in [4.69, 9.17) is 19.8 Å². The van der Waals surface area contributed by atoms with Crippen LogP contribution in [0.1, 0.15) is 36.9 Å². The first-order valence-electron chi connectivity index (χ1n) is 10.2. The van der Waals surface area contributed by atoms with Gasteiger partial charge in [0.05, 0.1) is 12.9 Å². The van der Waals surface area contributed by atoms with E-state index in [2.05, 4.69) is 41.3 Å². The predicted molar refractivity (Wildman–Crippen MR) is 123 cm³/mol. The molecule has 2 aromatic heterocycles. The van der Waals surface area contributed by atoms with Gasteiger partial charge in [0.15, 0.2) is 5.82 Å². The highest BCUT2D eigenvalue weighted by molar-refractivity contribution is 7.98. The highest BCUT2D eigenvalue weighted by Gasteiger charge is 2.13. The van der Waals surface area contributed by atoms with E-state index in [0.29, 0.717) is 28.4 Å². The van der Waals surface area contributed by atoms with Crippen molar-refractivity contribution in [3.8, 4) is 22.8 Å². The van der Waals surface area contributed by atoms with Gasteiger partial charge in [-0.2, -0.15) is 0 Å². The van der Waals surface area contributed by atoms with Crippen molar-refractivity contribution in [2.24, 2.45) is 0 Å². The highest BCUT2D eigenvalue weighted by Crippen LogP contribution is 2.26. The molecule has 0 saturated heterocycles. The van der Waals surface area contributed by atoms with Crippen LogP contribution in [0.15, 0.2) is 64.3 Å². The van der Waals surface area contributed by atoms with E-state index >= 15 is 0 Å². The number of hydrogen-bond acceptors (Lipinski definition) is 8. The molecule has 0 spiro atoms. The number of nitrogens with two attached hydrogens (primary N) is 1. The first-order chi connectivity index (χ1) is 15.5. The summed E-state index contributed by atoms with van der Waals surface area (Å²) in [6, 6.07) is 17.6. The summed E-state index contributed by atoms with van der Waals surface area (Å²) in [5.41, 5.74) is 2.98. The molecule has 0 unspecified atom stereocenters. The Balaban J connectivity index is 1.33. The average molecular weight is 452 g/mol. The zero-order chi connectivity index (χ0) is 22.5. The van der Waals surface area contributed by atoms with Crippen molar-refractivity contribution >= 4 is 11.8 Å². The van der Waals surface area contributed by atoms with E-state index < -0.39 is 0 Å². The quantitative estimate of drug-likeness (QED) is 0.290. The Kier molecular flexibility index (Phi) is 6.65. The summed E-state index contributed by atoms with van der Waals surface area (Å²) >= 11 is 1.42. The fourth-order valence-electron chi connectivity index (χ4n) is 3.02. The maximum Gasteiger partial charge on any atom is 0.210 e. The zero-order valence-electron chi connectivity index (χ0n) is 18.2. The molecular weight excluding hydrogens is 426 g/mol. The summed E-state index contributed by atoms with van der Waals surface area (Å²) in [7, 11) is 1.64. The first-order valence-corrected chi connectivity index (χ1v) is 11.2. The van der Waals surface area contributed by atoms with Gasteiger partial charge < -0.3 is 19.8 Å². The minimum atomic E-state index is 0.231. The SMILES string of the molecule is COc1ccc(-c2cc(CSc3nnc(COc4ccc(C(C)C)cc4)n3N)on2)cc1. The maximum absolute atomic E-state index is 6.15. The summed E-state index contributed by atoms with van der Waals surface area (Å²) in [5, 5.41) is 13.0. The molecule has 0 atom stereocenters. The Labute approximate surface area is 190 Å². The number of methoxy groups -OCH3 is 1. The van der Waals surface area contributed by atoms with Gasteiger partial charge in [-0.3, -0.25) is 0 Å². The lowest BCUT2D eigenvalue weighted by atomic mass is 10.0. The van der Waals surface area contributed by atoms with Crippen molar-refractivity contribution in [2.45, 2.75) is 37.3 Å². The second-order valence-electron chi connectivity index (χ2n) is 7.48. The molecule has 0 aliphatic carbocycles. The van der Waals surface area contributed by atoms with Gasteiger partial charge in [0.25, 0.3) is 0 Å². The number of nitrogen functional groups attached to an aromatic ring is 1. The van der Waals surface area contributed by atoms with Crippen LogP contribution in [-0.4, -0.2) is 27.1 Å². The second-order valence-corrected chi connectivity index (χ2v) is 8.42. The molecule has 2 aromatic carbocycles. The number of rotatable bonds is 9. The van der Waals surface area contributed by atoms with E-state index in [0.717, 1.165) is 22.8 Å². The van der Waals surface area contributed by atoms with Crippen molar-refractivity contribution in [3.05, 3.63) is 71.7 Å². The van der Waals surface area contributed by atoms with E-state index in [9.17, 15) is 0 Å². The van der Waals surface area contributed by atoms with Crippen molar-refractivity contribution in [2.75, 3.05) is 13.0 Å². The number of nitrogens with zero attached hydrogens (tertiary/aromatic N) is 4. The van der Waals surface area contributed by atoms with E-state index in [1.807, 2.05) is 42.5 Å². The van der Waals surface area contributed by atoms with Gasteiger partial charge in [-0.1, -0.05) is 42.9 Å². The molecule has 9 heteroatoms. The summed E-state index contributed by atoms with van der Waals surface area (Å²) in [5.74, 6) is 9.97. The molecule has 166 valence electrons. The van der Waals surface area contributed by atoms with Crippen LogP contribution in [0, 0.1) is 0 Å². The third-order valence-electron chi connectivity index (χ3n) is 4.94. The Morgan fingerprint density at radius 1 is 1.03 bits per heavy atom. The fraction of sp³-hybridized carbons (Fsp3) is 0.261. The van der Waals surface area contributed by atoms with Gasteiger partial charge in [-0.15, -0.1) is 10.2 Å². The van der Waals surface area contributed by atoms with Crippen molar-refractivity contribution in [3.63, 3.8) is 0 Å². The van der Waals surface area contributed by atoms with Crippen LogP contribution in [0.3, 0.4) is 0 Å².